The van der Waals surface area contributed by atoms with Crippen LogP contribution in [0.25, 0.3) is 5.69 Å². The summed E-state index contributed by atoms with van der Waals surface area (Å²) in [5.41, 5.74) is 3.94. The quantitative estimate of drug-likeness (QED) is 0.508. The molecule has 0 fully saturated rings. The molecule has 5 nitrogen and oxygen atoms in total. The summed E-state index contributed by atoms with van der Waals surface area (Å²) in [6.07, 6.45) is 1.86. The van der Waals surface area contributed by atoms with E-state index in [1.54, 1.807) is 23.1 Å². The van der Waals surface area contributed by atoms with Gasteiger partial charge >= 0.3 is 0 Å². The summed E-state index contributed by atoms with van der Waals surface area (Å²) in [5.74, 6) is -0.987. The van der Waals surface area contributed by atoms with Crippen molar-refractivity contribution in [3.05, 3.63) is 82.7 Å². The van der Waals surface area contributed by atoms with Crippen LogP contribution in [0.5, 0.6) is 0 Å². The molecule has 0 saturated heterocycles. The molecule has 0 radical (unpaired) electrons. The molecule has 4 rings (SSSR count). The number of carbonyl (C=O) groups excluding carboxylic acids is 1. The minimum atomic E-state index is -0.437. The van der Waals surface area contributed by atoms with Gasteiger partial charge in [-0.3, -0.25) is 9.69 Å². The molecule has 0 bridgehead atoms. The molecule has 3 aromatic rings. The highest BCUT2D eigenvalue weighted by Crippen LogP contribution is 2.27. The Bertz CT molecular complexity index is 1140. The largest absolute Gasteiger partial charge is 0.330 e. The lowest BCUT2D eigenvalue weighted by atomic mass is 10.0. The Labute approximate surface area is 193 Å². The molecule has 2 aromatic carbocycles. The maximum atomic E-state index is 14.0. The van der Waals surface area contributed by atoms with E-state index in [-0.39, 0.29) is 17.8 Å². The Kier molecular flexibility index (Phi) is 6.88. The summed E-state index contributed by atoms with van der Waals surface area (Å²) in [5, 5.41) is 4.87. The molecule has 33 heavy (non-hydrogen) atoms. The summed E-state index contributed by atoms with van der Waals surface area (Å²) in [7, 11) is 0. The summed E-state index contributed by atoms with van der Waals surface area (Å²) in [6, 6.07) is 12.1. The maximum Gasteiger partial charge on any atom is 0.254 e. The fourth-order valence-corrected chi connectivity index (χ4v) is 4.43. The maximum absolute atomic E-state index is 14.0. The van der Waals surface area contributed by atoms with Crippen molar-refractivity contribution < 1.29 is 13.6 Å². The molecular weight excluding hydrogens is 422 g/mol. The van der Waals surface area contributed by atoms with Gasteiger partial charge < -0.3 is 4.90 Å². The average molecular weight is 453 g/mol. The van der Waals surface area contributed by atoms with Crippen molar-refractivity contribution in [2.75, 3.05) is 13.1 Å². The van der Waals surface area contributed by atoms with Gasteiger partial charge in [0.1, 0.15) is 11.6 Å². The lowest BCUT2D eigenvalue weighted by Gasteiger charge is -2.29. The monoisotopic (exact) mass is 452 g/mol. The first kappa shape index (κ1) is 23.1. The summed E-state index contributed by atoms with van der Waals surface area (Å²) in [6.45, 7) is 8.99. The van der Waals surface area contributed by atoms with Gasteiger partial charge in [-0.2, -0.15) is 5.10 Å². The summed E-state index contributed by atoms with van der Waals surface area (Å²) >= 11 is 0. The third-order valence-corrected chi connectivity index (χ3v) is 6.09. The van der Waals surface area contributed by atoms with Gasteiger partial charge in [-0.15, -0.1) is 0 Å². The van der Waals surface area contributed by atoms with E-state index in [9.17, 15) is 13.6 Å². The number of benzene rings is 2. The standard InChI is InChI=1S/C26H30F2N4O/c1-4-12-30-13-11-25-23(16-30)24(29-32(25)22-10-6-9-21(28)15-22)17-31(18(2)3)26(33)19-7-5-8-20(27)14-19/h5-10,14-15,18H,4,11-13,16-17H2,1-3H3. The second-order valence-electron chi connectivity index (χ2n) is 8.83. The van der Waals surface area contributed by atoms with Gasteiger partial charge in [0.15, 0.2) is 0 Å². The van der Waals surface area contributed by atoms with Crippen LogP contribution < -0.4 is 0 Å². The van der Waals surface area contributed by atoms with Crippen molar-refractivity contribution in [1.82, 2.24) is 19.6 Å². The number of hydrogen-bond acceptors (Lipinski definition) is 3. The number of amides is 1. The SMILES string of the molecule is CCCN1CCc2c(c(CN(C(=O)c3cccc(F)c3)C(C)C)nn2-c2cccc(F)c2)C1. The van der Waals surface area contributed by atoms with E-state index in [2.05, 4.69) is 11.8 Å². The number of hydrogen-bond donors (Lipinski definition) is 0. The first-order valence-electron chi connectivity index (χ1n) is 11.5. The van der Waals surface area contributed by atoms with Crippen LogP contribution in [0.4, 0.5) is 8.78 Å². The molecule has 2 heterocycles. The van der Waals surface area contributed by atoms with Crippen molar-refractivity contribution in [3.63, 3.8) is 0 Å². The summed E-state index contributed by atoms with van der Waals surface area (Å²) < 4.78 is 29.5. The fourth-order valence-electron chi connectivity index (χ4n) is 4.43. The Balaban J connectivity index is 1.73. The molecule has 1 aliphatic heterocycles. The third-order valence-electron chi connectivity index (χ3n) is 6.09. The number of halogens is 2. The second kappa shape index (κ2) is 9.83. The lowest BCUT2D eigenvalue weighted by molar-refractivity contribution is 0.0686. The van der Waals surface area contributed by atoms with E-state index in [1.165, 1.54) is 24.3 Å². The van der Waals surface area contributed by atoms with Crippen LogP contribution in [0.1, 0.15) is 54.5 Å². The van der Waals surface area contributed by atoms with Crippen molar-refractivity contribution >= 4 is 5.91 Å². The number of carbonyl (C=O) groups is 1. The zero-order chi connectivity index (χ0) is 23.5. The van der Waals surface area contributed by atoms with E-state index < -0.39 is 5.82 Å². The van der Waals surface area contributed by atoms with Crippen molar-refractivity contribution in [2.24, 2.45) is 0 Å². The van der Waals surface area contributed by atoms with Crippen LogP contribution in [0.3, 0.4) is 0 Å². The minimum Gasteiger partial charge on any atom is -0.330 e. The van der Waals surface area contributed by atoms with E-state index in [4.69, 9.17) is 5.10 Å². The fraction of sp³-hybridized carbons (Fsp3) is 0.385. The molecule has 0 unspecified atom stereocenters. The van der Waals surface area contributed by atoms with Gasteiger partial charge in [-0.1, -0.05) is 19.1 Å². The minimum absolute atomic E-state index is 0.105. The Morgan fingerprint density at radius 2 is 1.85 bits per heavy atom. The van der Waals surface area contributed by atoms with Gasteiger partial charge in [-0.05, 0) is 63.2 Å². The number of nitrogens with zero attached hydrogens (tertiary/aromatic N) is 4. The first-order valence-corrected chi connectivity index (χ1v) is 11.5. The molecule has 7 heteroatoms. The van der Waals surface area contributed by atoms with E-state index in [0.717, 1.165) is 49.4 Å². The van der Waals surface area contributed by atoms with Gasteiger partial charge in [0.05, 0.1) is 23.6 Å². The molecular formula is C26H30F2N4O. The third kappa shape index (κ3) is 4.98. The Morgan fingerprint density at radius 3 is 2.52 bits per heavy atom. The van der Waals surface area contributed by atoms with E-state index >= 15 is 0 Å². The molecule has 0 atom stereocenters. The molecule has 1 aliphatic rings. The van der Waals surface area contributed by atoms with Crippen LogP contribution in [0, 0.1) is 11.6 Å². The predicted octanol–water partition coefficient (Wildman–Crippen LogP) is 4.97. The highest BCUT2D eigenvalue weighted by molar-refractivity contribution is 5.94. The Morgan fingerprint density at radius 1 is 1.12 bits per heavy atom. The molecule has 1 amide bonds. The van der Waals surface area contributed by atoms with Crippen LogP contribution >= 0.6 is 0 Å². The van der Waals surface area contributed by atoms with Crippen molar-refractivity contribution in [3.8, 4) is 5.69 Å². The molecule has 1 aromatic heterocycles. The summed E-state index contributed by atoms with van der Waals surface area (Å²) in [4.78, 5) is 17.4. The van der Waals surface area contributed by atoms with E-state index in [1.807, 2.05) is 24.6 Å². The van der Waals surface area contributed by atoms with Crippen LogP contribution in [0.15, 0.2) is 48.5 Å². The lowest BCUT2D eigenvalue weighted by Crippen LogP contribution is -2.37. The van der Waals surface area contributed by atoms with E-state index in [0.29, 0.717) is 17.8 Å². The van der Waals surface area contributed by atoms with Gasteiger partial charge in [0.2, 0.25) is 0 Å². The highest BCUT2D eigenvalue weighted by atomic mass is 19.1. The highest BCUT2D eigenvalue weighted by Gasteiger charge is 2.28. The molecule has 0 aliphatic carbocycles. The van der Waals surface area contributed by atoms with Crippen LogP contribution in [-0.2, 0) is 19.5 Å². The number of rotatable bonds is 7. The van der Waals surface area contributed by atoms with Gasteiger partial charge in [-0.25, -0.2) is 13.5 Å². The van der Waals surface area contributed by atoms with Crippen LogP contribution in [-0.4, -0.2) is 44.6 Å². The Hall–Kier alpha value is -3.06. The van der Waals surface area contributed by atoms with Crippen LogP contribution in [0.2, 0.25) is 0 Å². The average Bonchev–Trinajstić information content (AvgIpc) is 3.15. The first-order chi connectivity index (χ1) is 15.9. The molecule has 0 saturated carbocycles. The molecule has 174 valence electrons. The number of aromatic nitrogens is 2. The van der Waals surface area contributed by atoms with Gasteiger partial charge in [0.25, 0.3) is 5.91 Å². The number of fused-ring (bicyclic) bond motifs is 1. The topological polar surface area (TPSA) is 41.4 Å². The second-order valence-corrected chi connectivity index (χ2v) is 8.83. The normalized spacial score (nSPS) is 13.9. The molecule has 0 N–H and O–H groups in total. The van der Waals surface area contributed by atoms with Gasteiger partial charge in [0, 0.05) is 36.7 Å². The zero-order valence-corrected chi connectivity index (χ0v) is 19.4. The van der Waals surface area contributed by atoms with Crippen molar-refractivity contribution in [1.29, 1.82) is 0 Å². The molecule has 0 spiro atoms. The predicted molar refractivity (Wildman–Crippen MR) is 124 cm³/mol. The smallest absolute Gasteiger partial charge is 0.254 e. The zero-order valence-electron chi connectivity index (χ0n) is 19.4. The van der Waals surface area contributed by atoms with Crippen molar-refractivity contribution in [2.45, 2.75) is 52.7 Å².